The largest absolute Gasteiger partial charge is 0.357 e. The zero-order valence-electron chi connectivity index (χ0n) is 12.5. The minimum absolute atomic E-state index is 0.203. The minimum Gasteiger partial charge on any atom is -0.357 e. The van der Waals surface area contributed by atoms with Gasteiger partial charge in [0.2, 0.25) is 11.0 Å². The van der Waals surface area contributed by atoms with Gasteiger partial charge in [-0.05, 0) is 18.3 Å². The van der Waals surface area contributed by atoms with Gasteiger partial charge in [-0.2, -0.15) is 0 Å². The summed E-state index contributed by atoms with van der Waals surface area (Å²) in [6.45, 7) is 10.5. The van der Waals surface area contributed by atoms with Crippen LogP contribution >= 0.6 is 23.1 Å². The van der Waals surface area contributed by atoms with E-state index < -0.39 is 0 Å². The van der Waals surface area contributed by atoms with Crippen LogP contribution in [-0.2, 0) is 4.79 Å². The molecule has 1 N–H and O–H groups in total. The SMILES string of the molecule is C=CCNc1nnc(SCC(=O)N2C[C@@H](C)C[C@H](C)C2)s1. The summed E-state index contributed by atoms with van der Waals surface area (Å²) in [7, 11) is 0. The molecule has 1 aromatic rings. The maximum atomic E-state index is 12.3. The van der Waals surface area contributed by atoms with Crippen molar-refractivity contribution >= 4 is 34.1 Å². The second-order valence-corrected chi connectivity index (χ2v) is 7.78. The first kappa shape index (κ1) is 16.3. The maximum absolute atomic E-state index is 12.3. The van der Waals surface area contributed by atoms with Crippen LogP contribution in [0.1, 0.15) is 20.3 Å². The van der Waals surface area contributed by atoms with Gasteiger partial charge in [0, 0.05) is 19.6 Å². The smallest absolute Gasteiger partial charge is 0.233 e. The van der Waals surface area contributed by atoms with E-state index in [0.29, 0.717) is 24.1 Å². The second-order valence-electron chi connectivity index (χ2n) is 5.58. The third-order valence-corrected chi connectivity index (χ3v) is 5.34. The predicted octanol–water partition coefficient (Wildman–Crippen LogP) is 2.73. The van der Waals surface area contributed by atoms with E-state index >= 15 is 0 Å². The van der Waals surface area contributed by atoms with Gasteiger partial charge in [0.15, 0.2) is 4.34 Å². The lowest BCUT2D eigenvalue weighted by atomic mass is 9.92. The molecule has 5 nitrogen and oxygen atoms in total. The van der Waals surface area contributed by atoms with Gasteiger partial charge in [-0.15, -0.1) is 16.8 Å². The van der Waals surface area contributed by atoms with Crippen LogP contribution in [0.2, 0.25) is 0 Å². The molecule has 7 heteroatoms. The highest BCUT2D eigenvalue weighted by atomic mass is 32.2. The van der Waals surface area contributed by atoms with Gasteiger partial charge in [-0.1, -0.05) is 43.0 Å². The average molecular weight is 326 g/mol. The first-order valence-corrected chi connectivity index (χ1v) is 8.97. The molecule has 0 unspecified atom stereocenters. The summed E-state index contributed by atoms with van der Waals surface area (Å²) in [4.78, 5) is 14.3. The molecule has 1 fully saturated rings. The lowest BCUT2D eigenvalue weighted by molar-refractivity contribution is -0.130. The number of hydrogen-bond donors (Lipinski definition) is 1. The van der Waals surface area contributed by atoms with Gasteiger partial charge in [0.1, 0.15) is 0 Å². The molecule has 1 saturated heterocycles. The topological polar surface area (TPSA) is 58.1 Å². The molecule has 1 aromatic heterocycles. The quantitative estimate of drug-likeness (QED) is 0.643. The Morgan fingerprint density at radius 2 is 2.19 bits per heavy atom. The van der Waals surface area contributed by atoms with Crippen molar-refractivity contribution in [3.63, 3.8) is 0 Å². The van der Waals surface area contributed by atoms with Crippen molar-refractivity contribution in [3.8, 4) is 0 Å². The Labute approximate surface area is 134 Å². The first-order valence-electron chi connectivity index (χ1n) is 7.17. The molecule has 0 spiro atoms. The number of carbonyl (C=O) groups excluding carboxylic acids is 1. The maximum Gasteiger partial charge on any atom is 0.233 e. The number of rotatable bonds is 6. The number of piperidine rings is 1. The van der Waals surface area contributed by atoms with E-state index in [9.17, 15) is 4.79 Å². The van der Waals surface area contributed by atoms with Crippen molar-refractivity contribution in [1.29, 1.82) is 0 Å². The van der Waals surface area contributed by atoms with E-state index in [2.05, 4.69) is 35.9 Å². The van der Waals surface area contributed by atoms with Crippen molar-refractivity contribution < 1.29 is 4.79 Å². The zero-order valence-corrected chi connectivity index (χ0v) is 14.2. The van der Waals surface area contributed by atoms with E-state index in [1.807, 2.05) is 4.90 Å². The number of likely N-dealkylation sites (tertiary alicyclic amines) is 1. The van der Waals surface area contributed by atoms with Crippen molar-refractivity contribution in [2.45, 2.75) is 24.6 Å². The van der Waals surface area contributed by atoms with Crippen LogP contribution in [0.3, 0.4) is 0 Å². The van der Waals surface area contributed by atoms with Crippen LogP contribution in [0.15, 0.2) is 17.0 Å². The number of thioether (sulfide) groups is 1. The molecular formula is C14H22N4OS2. The van der Waals surface area contributed by atoms with E-state index in [0.717, 1.165) is 22.6 Å². The van der Waals surface area contributed by atoms with Gasteiger partial charge >= 0.3 is 0 Å². The van der Waals surface area contributed by atoms with Gasteiger partial charge in [0.05, 0.1) is 5.75 Å². The van der Waals surface area contributed by atoms with Crippen LogP contribution in [0.5, 0.6) is 0 Å². The average Bonchev–Trinajstić information content (AvgIpc) is 2.89. The summed E-state index contributed by atoms with van der Waals surface area (Å²) in [6.07, 6.45) is 2.99. The van der Waals surface area contributed by atoms with E-state index in [1.165, 1.54) is 29.5 Å². The molecule has 0 radical (unpaired) electrons. The molecule has 0 bridgehead atoms. The normalized spacial score (nSPS) is 22.1. The number of nitrogens with zero attached hydrogens (tertiary/aromatic N) is 3. The van der Waals surface area contributed by atoms with E-state index in [4.69, 9.17) is 0 Å². The molecule has 1 aliphatic heterocycles. The van der Waals surface area contributed by atoms with Crippen molar-refractivity contribution in [2.75, 3.05) is 30.7 Å². The Morgan fingerprint density at radius 1 is 1.48 bits per heavy atom. The van der Waals surface area contributed by atoms with Crippen molar-refractivity contribution in [2.24, 2.45) is 11.8 Å². The zero-order chi connectivity index (χ0) is 15.2. The van der Waals surface area contributed by atoms with Gasteiger partial charge in [-0.3, -0.25) is 4.79 Å². The highest BCUT2D eigenvalue weighted by Gasteiger charge is 2.25. The first-order chi connectivity index (χ1) is 10.1. The van der Waals surface area contributed by atoms with Gasteiger partial charge < -0.3 is 10.2 Å². The van der Waals surface area contributed by atoms with Gasteiger partial charge in [0.25, 0.3) is 0 Å². The number of anilines is 1. The summed E-state index contributed by atoms with van der Waals surface area (Å²) in [5.74, 6) is 1.84. The van der Waals surface area contributed by atoms with Crippen LogP contribution in [0, 0.1) is 11.8 Å². The Kier molecular flexibility index (Phi) is 6.05. The Bertz CT molecular complexity index is 481. The van der Waals surface area contributed by atoms with E-state index in [-0.39, 0.29) is 5.91 Å². The number of hydrogen-bond acceptors (Lipinski definition) is 6. The third-order valence-electron chi connectivity index (χ3n) is 3.34. The fraction of sp³-hybridized carbons (Fsp3) is 0.643. The summed E-state index contributed by atoms with van der Waals surface area (Å²) in [5.41, 5.74) is 0. The summed E-state index contributed by atoms with van der Waals surface area (Å²) in [6, 6.07) is 0. The van der Waals surface area contributed by atoms with Crippen LogP contribution < -0.4 is 5.32 Å². The van der Waals surface area contributed by atoms with Crippen LogP contribution in [0.25, 0.3) is 0 Å². The molecule has 0 aliphatic carbocycles. The lowest BCUT2D eigenvalue weighted by Gasteiger charge is -2.34. The number of aromatic nitrogens is 2. The molecule has 21 heavy (non-hydrogen) atoms. The number of carbonyl (C=O) groups is 1. The Balaban J connectivity index is 1.80. The minimum atomic E-state index is 0.203. The molecule has 0 saturated carbocycles. The summed E-state index contributed by atoms with van der Waals surface area (Å²) < 4.78 is 0.827. The highest BCUT2D eigenvalue weighted by Crippen LogP contribution is 2.27. The van der Waals surface area contributed by atoms with Crippen molar-refractivity contribution in [3.05, 3.63) is 12.7 Å². The van der Waals surface area contributed by atoms with Crippen molar-refractivity contribution in [1.82, 2.24) is 15.1 Å². The van der Waals surface area contributed by atoms with Gasteiger partial charge in [-0.25, -0.2) is 0 Å². The third kappa shape index (κ3) is 5.00. The molecule has 116 valence electrons. The predicted molar refractivity (Wildman–Crippen MR) is 88.8 cm³/mol. The highest BCUT2D eigenvalue weighted by molar-refractivity contribution is 8.01. The van der Waals surface area contributed by atoms with Crippen LogP contribution in [-0.4, -0.2) is 46.4 Å². The van der Waals surface area contributed by atoms with E-state index in [1.54, 1.807) is 6.08 Å². The molecule has 1 amide bonds. The molecule has 1 aliphatic rings. The Morgan fingerprint density at radius 3 is 2.86 bits per heavy atom. The number of nitrogens with one attached hydrogen (secondary N) is 1. The Hall–Kier alpha value is -1.08. The molecular weight excluding hydrogens is 304 g/mol. The molecule has 0 aromatic carbocycles. The standard InChI is InChI=1S/C14H22N4OS2/c1-4-5-15-13-16-17-14(21-13)20-9-12(19)18-7-10(2)6-11(3)8-18/h4,10-11H,1,5-9H2,2-3H3,(H,15,16)/t10-,11-/m0/s1. The molecule has 2 rings (SSSR count). The van der Waals surface area contributed by atoms with Crippen LogP contribution in [0.4, 0.5) is 5.13 Å². The second kappa shape index (κ2) is 7.79. The summed E-state index contributed by atoms with van der Waals surface area (Å²) in [5, 5.41) is 12.0. The molecule has 2 atom stereocenters. The molecule has 2 heterocycles. The number of amides is 1. The monoisotopic (exact) mass is 326 g/mol. The lowest BCUT2D eigenvalue weighted by Crippen LogP contribution is -2.43. The fourth-order valence-electron chi connectivity index (χ4n) is 2.58. The summed E-state index contributed by atoms with van der Waals surface area (Å²) >= 11 is 2.94. The fourth-order valence-corrected chi connectivity index (χ4v) is 4.24.